The number of likely N-dealkylation sites (tertiary alicyclic amines) is 1. The van der Waals surface area contributed by atoms with Crippen molar-refractivity contribution in [3.63, 3.8) is 0 Å². The topological polar surface area (TPSA) is 27.0 Å². The highest BCUT2D eigenvalue weighted by Gasteiger charge is 2.42. The minimum Gasteiger partial charge on any atom is -0.296 e. The summed E-state index contributed by atoms with van der Waals surface area (Å²) < 4.78 is 0. The fraction of sp³-hybridized carbons (Fsp3) is 0.500. The van der Waals surface area contributed by atoms with Crippen LogP contribution in [-0.2, 0) is 6.54 Å². The first-order valence-corrected chi connectivity index (χ1v) is 6.55. The highest BCUT2D eigenvalue weighted by atomic mass is 35.5. The van der Waals surface area contributed by atoms with Crippen molar-refractivity contribution in [2.45, 2.75) is 19.4 Å². The van der Waals surface area contributed by atoms with Crippen LogP contribution < -0.4 is 0 Å². The van der Waals surface area contributed by atoms with Crippen LogP contribution in [-0.4, -0.2) is 23.9 Å². The molecule has 17 heavy (non-hydrogen) atoms. The van der Waals surface area contributed by atoms with Gasteiger partial charge in [-0.3, -0.25) is 4.90 Å². The molecule has 2 rings (SSSR count). The van der Waals surface area contributed by atoms with Crippen LogP contribution in [0.5, 0.6) is 0 Å². The third-order valence-electron chi connectivity index (χ3n) is 3.33. The fourth-order valence-electron chi connectivity index (χ4n) is 2.45. The van der Waals surface area contributed by atoms with E-state index >= 15 is 0 Å². The minimum atomic E-state index is -0.135. The summed E-state index contributed by atoms with van der Waals surface area (Å²) >= 11 is 5.69. The lowest BCUT2D eigenvalue weighted by molar-refractivity contribution is 0.0318. The van der Waals surface area contributed by atoms with Gasteiger partial charge in [0.15, 0.2) is 0 Å². The Morgan fingerprint density at radius 3 is 2.59 bits per heavy atom. The van der Waals surface area contributed by atoms with E-state index in [0.29, 0.717) is 5.88 Å². The second-order valence-corrected chi connectivity index (χ2v) is 5.19. The molecule has 1 aromatic rings. The third-order valence-corrected chi connectivity index (χ3v) is 3.59. The molecular formula is C14H17ClN2. The van der Waals surface area contributed by atoms with Crippen LogP contribution in [0.1, 0.15) is 18.4 Å². The minimum absolute atomic E-state index is 0.135. The Morgan fingerprint density at radius 1 is 1.29 bits per heavy atom. The van der Waals surface area contributed by atoms with Gasteiger partial charge >= 0.3 is 0 Å². The number of rotatable bonds is 5. The Kier molecular flexibility index (Phi) is 4.04. The number of benzene rings is 1. The zero-order valence-electron chi connectivity index (χ0n) is 9.90. The standard InChI is InChI=1S/C14H17ClN2/c15-8-4-7-14(10-16)11-17(12-14)9-13-5-2-1-3-6-13/h1-3,5-6H,4,7-9,11-12H2. The molecule has 0 aromatic heterocycles. The normalized spacial score (nSPS) is 18.4. The van der Waals surface area contributed by atoms with Crippen LogP contribution in [0.4, 0.5) is 0 Å². The maximum atomic E-state index is 9.23. The van der Waals surface area contributed by atoms with E-state index in [1.165, 1.54) is 5.56 Å². The molecular weight excluding hydrogens is 232 g/mol. The van der Waals surface area contributed by atoms with Crippen molar-refractivity contribution < 1.29 is 0 Å². The number of nitriles is 1. The van der Waals surface area contributed by atoms with Gasteiger partial charge < -0.3 is 0 Å². The van der Waals surface area contributed by atoms with Gasteiger partial charge in [0.1, 0.15) is 0 Å². The Labute approximate surface area is 108 Å². The predicted octanol–water partition coefficient (Wildman–Crippen LogP) is 3.03. The van der Waals surface area contributed by atoms with Gasteiger partial charge in [0.05, 0.1) is 11.5 Å². The lowest BCUT2D eigenvalue weighted by atomic mass is 9.77. The van der Waals surface area contributed by atoms with Crippen LogP contribution in [0.15, 0.2) is 30.3 Å². The monoisotopic (exact) mass is 248 g/mol. The Bertz CT molecular complexity index is 390. The van der Waals surface area contributed by atoms with Crippen molar-refractivity contribution >= 4 is 11.6 Å². The molecule has 3 heteroatoms. The van der Waals surface area contributed by atoms with Gasteiger partial charge in [0.25, 0.3) is 0 Å². The summed E-state index contributed by atoms with van der Waals surface area (Å²) in [6.45, 7) is 2.72. The highest BCUT2D eigenvalue weighted by Crippen LogP contribution is 2.35. The first kappa shape index (κ1) is 12.4. The van der Waals surface area contributed by atoms with Crippen LogP contribution in [0.25, 0.3) is 0 Å². The molecule has 1 aromatic carbocycles. The van der Waals surface area contributed by atoms with Gasteiger partial charge in [0.2, 0.25) is 0 Å². The van der Waals surface area contributed by atoms with Gasteiger partial charge in [-0.25, -0.2) is 0 Å². The number of alkyl halides is 1. The highest BCUT2D eigenvalue weighted by molar-refractivity contribution is 6.17. The quantitative estimate of drug-likeness (QED) is 0.749. The van der Waals surface area contributed by atoms with E-state index in [9.17, 15) is 5.26 Å². The van der Waals surface area contributed by atoms with Gasteiger partial charge in [-0.2, -0.15) is 5.26 Å². The molecule has 0 aliphatic carbocycles. The maximum absolute atomic E-state index is 9.23. The Balaban J connectivity index is 1.83. The molecule has 90 valence electrons. The summed E-state index contributed by atoms with van der Waals surface area (Å²) in [4.78, 5) is 2.33. The predicted molar refractivity (Wildman–Crippen MR) is 69.7 cm³/mol. The largest absolute Gasteiger partial charge is 0.296 e. The van der Waals surface area contributed by atoms with Gasteiger partial charge in [0, 0.05) is 25.5 Å². The van der Waals surface area contributed by atoms with Crippen molar-refractivity contribution in [2.24, 2.45) is 5.41 Å². The molecule has 0 unspecified atom stereocenters. The lowest BCUT2D eigenvalue weighted by Crippen LogP contribution is -2.54. The van der Waals surface area contributed by atoms with Crippen molar-refractivity contribution in [3.05, 3.63) is 35.9 Å². The SMILES string of the molecule is N#CC1(CCCCl)CN(Cc2ccccc2)C1. The molecule has 1 aliphatic heterocycles. The molecule has 1 fully saturated rings. The molecule has 0 spiro atoms. The molecule has 1 saturated heterocycles. The third kappa shape index (κ3) is 3.00. The number of nitrogens with zero attached hydrogens (tertiary/aromatic N) is 2. The maximum Gasteiger partial charge on any atom is 0.0827 e. The second-order valence-electron chi connectivity index (χ2n) is 4.82. The smallest absolute Gasteiger partial charge is 0.0827 e. The van der Waals surface area contributed by atoms with E-state index in [4.69, 9.17) is 11.6 Å². The van der Waals surface area contributed by atoms with Gasteiger partial charge in [-0.15, -0.1) is 11.6 Å². The summed E-state index contributed by atoms with van der Waals surface area (Å²) in [5, 5.41) is 9.23. The van der Waals surface area contributed by atoms with Gasteiger partial charge in [-0.1, -0.05) is 30.3 Å². The summed E-state index contributed by atoms with van der Waals surface area (Å²) in [5.74, 6) is 0.655. The second kappa shape index (κ2) is 5.53. The molecule has 2 nitrogen and oxygen atoms in total. The summed E-state index contributed by atoms with van der Waals surface area (Å²) in [5.41, 5.74) is 1.18. The summed E-state index contributed by atoms with van der Waals surface area (Å²) in [6.07, 6.45) is 1.87. The van der Waals surface area contributed by atoms with E-state index in [0.717, 1.165) is 32.5 Å². The first-order valence-electron chi connectivity index (χ1n) is 6.01. The summed E-state index contributed by atoms with van der Waals surface area (Å²) in [6, 6.07) is 12.9. The van der Waals surface area contributed by atoms with Crippen LogP contribution >= 0.6 is 11.6 Å². The fourth-order valence-corrected chi connectivity index (χ4v) is 2.59. The van der Waals surface area contributed by atoms with E-state index in [2.05, 4.69) is 35.2 Å². The molecule has 0 N–H and O–H groups in total. The van der Waals surface area contributed by atoms with Crippen molar-refractivity contribution in [1.82, 2.24) is 4.90 Å². The molecule has 1 aliphatic rings. The van der Waals surface area contributed by atoms with Crippen LogP contribution in [0, 0.1) is 16.7 Å². The molecule has 0 atom stereocenters. The zero-order valence-corrected chi connectivity index (χ0v) is 10.7. The number of halogens is 1. The average molecular weight is 249 g/mol. The van der Waals surface area contributed by atoms with Crippen LogP contribution in [0.2, 0.25) is 0 Å². The van der Waals surface area contributed by atoms with Crippen molar-refractivity contribution in [2.75, 3.05) is 19.0 Å². The average Bonchev–Trinajstić information content (AvgIpc) is 2.33. The Morgan fingerprint density at radius 2 is 2.00 bits per heavy atom. The molecule has 0 saturated carbocycles. The summed E-state index contributed by atoms with van der Waals surface area (Å²) in [7, 11) is 0. The van der Waals surface area contributed by atoms with E-state index in [1.54, 1.807) is 0 Å². The van der Waals surface area contributed by atoms with Gasteiger partial charge in [-0.05, 0) is 18.4 Å². The first-order chi connectivity index (χ1) is 8.28. The molecule has 0 radical (unpaired) electrons. The van der Waals surface area contributed by atoms with E-state index in [-0.39, 0.29) is 5.41 Å². The van der Waals surface area contributed by atoms with E-state index < -0.39 is 0 Å². The van der Waals surface area contributed by atoms with Crippen molar-refractivity contribution in [3.8, 4) is 6.07 Å². The van der Waals surface area contributed by atoms with E-state index in [1.807, 2.05) is 6.07 Å². The number of hydrogen-bond donors (Lipinski definition) is 0. The van der Waals surface area contributed by atoms with Crippen molar-refractivity contribution in [1.29, 1.82) is 5.26 Å². The number of hydrogen-bond acceptors (Lipinski definition) is 2. The lowest BCUT2D eigenvalue weighted by Gasteiger charge is -2.45. The van der Waals surface area contributed by atoms with Crippen LogP contribution in [0.3, 0.4) is 0 Å². The Hall–Kier alpha value is -1.04. The molecule has 1 heterocycles. The zero-order chi connectivity index (χ0) is 12.1. The molecule has 0 amide bonds. The molecule has 0 bridgehead atoms.